The van der Waals surface area contributed by atoms with E-state index in [4.69, 9.17) is 9.72 Å². The molecule has 112 valence electrons. The number of hydrogen-bond donors (Lipinski definition) is 0. The van der Waals surface area contributed by atoms with Crippen molar-refractivity contribution in [1.82, 2.24) is 9.38 Å². The number of hydrogen-bond acceptors (Lipinski definition) is 4. The molecular weight excluding hydrogens is 334 g/mol. The Kier molecular flexibility index (Phi) is 3.99. The second kappa shape index (κ2) is 5.77. The Hall–Kier alpha value is -1.40. The molecule has 0 spiro atoms. The Morgan fingerprint density at radius 3 is 2.71 bits per heavy atom. The molecule has 1 aliphatic rings. The highest BCUT2D eigenvalue weighted by molar-refractivity contribution is 9.09. The van der Waals surface area contributed by atoms with Crippen LogP contribution in [-0.2, 0) is 4.74 Å². The van der Waals surface area contributed by atoms with E-state index in [-0.39, 0.29) is 10.4 Å². The van der Waals surface area contributed by atoms with Gasteiger partial charge < -0.3 is 9.64 Å². The summed E-state index contributed by atoms with van der Waals surface area (Å²) in [5, 5.41) is 0. The van der Waals surface area contributed by atoms with Gasteiger partial charge in [0, 0.05) is 35.7 Å². The molecule has 1 saturated heterocycles. The van der Waals surface area contributed by atoms with Crippen molar-refractivity contribution in [3.05, 3.63) is 39.8 Å². The van der Waals surface area contributed by atoms with Gasteiger partial charge in [0.1, 0.15) is 11.5 Å². The van der Waals surface area contributed by atoms with Crippen molar-refractivity contribution in [3.8, 4) is 0 Å². The van der Waals surface area contributed by atoms with Crippen LogP contribution in [0, 0.1) is 6.92 Å². The van der Waals surface area contributed by atoms with E-state index in [0.29, 0.717) is 13.2 Å². The highest BCUT2D eigenvalue weighted by atomic mass is 79.9. The molecule has 2 aromatic rings. The van der Waals surface area contributed by atoms with Gasteiger partial charge in [-0.2, -0.15) is 0 Å². The van der Waals surface area contributed by atoms with Crippen LogP contribution < -0.4 is 10.5 Å². The Morgan fingerprint density at radius 2 is 2.05 bits per heavy atom. The molecule has 0 N–H and O–H groups in total. The fourth-order valence-electron chi connectivity index (χ4n) is 2.61. The monoisotopic (exact) mass is 351 g/mol. The minimum atomic E-state index is -0.0420. The second-order valence-electron chi connectivity index (χ2n) is 5.33. The Balaban J connectivity index is 2.19. The third-order valence-electron chi connectivity index (χ3n) is 3.68. The maximum atomic E-state index is 12.4. The largest absolute Gasteiger partial charge is 0.378 e. The number of halogens is 1. The molecule has 5 nitrogen and oxygen atoms in total. The summed E-state index contributed by atoms with van der Waals surface area (Å²) in [4.78, 5) is 19.4. The van der Waals surface area contributed by atoms with Gasteiger partial charge in [0.15, 0.2) is 0 Å². The van der Waals surface area contributed by atoms with E-state index in [1.807, 2.05) is 20.0 Å². The third kappa shape index (κ3) is 2.82. The Bertz CT molecular complexity index is 721. The van der Waals surface area contributed by atoms with Crippen LogP contribution >= 0.6 is 15.9 Å². The molecule has 2 aromatic heterocycles. The number of nitrogens with zero attached hydrogens (tertiary/aromatic N) is 3. The molecule has 0 radical (unpaired) electrons. The van der Waals surface area contributed by atoms with Crippen molar-refractivity contribution < 1.29 is 4.74 Å². The molecule has 0 saturated carbocycles. The molecule has 0 amide bonds. The SMILES string of the molecule is Cc1cc(C(C)Br)c2nc(N3CCOCC3)cc(=O)n2c1. The van der Waals surface area contributed by atoms with Gasteiger partial charge in [-0.3, -0.25) is 9.20 Å². The average Bonchev–Trinajstić information content (AvgIpc) is 2.48. The number of pyridine rings is 1. The standard InChI is InChI=1S/C15H18BrN3O2/c1-10-7-12(11(2)16)15-17-13(8-14(20)19(15)9-10)18-3-5-21-6-4-18/h7-9,11H,3-6H2,1-2H3. The van der Waals surface area contributed by atoms with Gasteiger partial charge in [-0.05, 0) is 25.5 Å². The third-order valence-corrected chi connectivity index (χ3v) is 4.17. The Labute approximate surface area is 131 Å². The zero-order valence-corrected chi connectivity index (χ0v) is 13.8. The van der Waals surface area contributed by atoms with E-state index in [9.17, 15) is 4.79 Å². The van der Waals surface area contributed by atoms with Crippen LogP contribution in [0.25, 0.3) is 5.65 Å². The molecule has 0 aliphatic carbocycles. The minimum absolute atomic E-state index is 0.0420. The van der Waals surface area contributed by atoms with Crippen LogP contribution in [0.15, 0.2) is 23.1 Å². The van der Waals surface area contributed by atoms with Crippen LogP contribution in [0.5, 0.6) is 0 Å². The van der Waals surface area contributed by atoms with Crippen LogP contribution in [0.3, 0.4) is 0 Å². The van der Waals surface area contributed by atoms with Gasteiger partial charge in [0.05, 0.1) is 13.2 Å². The van der Waals surface area contributed by atoms with Crippen molar-refractivity contribution in [2.45, 2.75) is 18.7 Å². The lowest BCUT2D eigenvalue weighted by molar-refractivity contribution is 0.122. The van der Waals surface area contributed by atoms with E-state index in [1.165, 1.54) is 0 Å². The van der Waals surface area contributed by atoms with Gasteiger partial charge in [-0.1, -0.05) is 15.9 Å². The van der Waals surface area contributed by atoms with E-state index in [0.717, 1.165) is 35.7 Å². The first-order valence-corrected chi connectivity index (χ1v) is 7.98. The summed E-state index contributed by atoms with van der Waals surface area (Å²) in [5.74, 6) is 0.738. The fourth-order valence-corrected chi connectivity index (χ4v) is 2.94. The topological polar surface area (TPSA) is 46.8 Å². The molecule has 1 unspecified atom stereocenters. The van der Waals surface area contributed by atoms with E-state index in [1.54, 1.807) is 10.5 Å². The zero-order valence-electron chi connectivity index (χ0n) is 12.2. The van der Waals surface area contributed by atoms with Crippen molar-refractivity contribution in [3.63, 3.8) is 0 Å². The lowest BCUT2D eigenvalue weighted by Crippen LogP contribution is -2.37. The lowest BCUT2D eigenvalue weighted by Gasteiger charge is -2.28. The van der Waals surface area contributed by atoms with Crippen molar-refractivity contribution in [2.75, 3.05) is 31.2 Å². The van der Waals surface area contributed by atoms with Gasteiger partial charge in [0.2, 0.25) is 0 Å². The first kappa shape index (κ1) is 14.5. The van der Waals surface area contributed by atoms with Gasteiger partial charge in [0.25, 0.3) is 5.56 Å². The zero-order chi connectivity index (χ0) is 15.0. The molecule has 6 heteroatoms. The summed E-state index contributed by atoms with van der Waals surface area (Å²) < 4.78 is 6.99. The van der Waals surface area contributed by atoms with Crippen molar-refractivity contribution in [2.24, 2.45) is 0 Å². The second-order valence-corrected chi connectivity index (χ2v) is 6.71. The quantitative estimate of drug-likeness (QED) is 0.779. The van der Waals surface area contributed by atoms with E-state index in [2.05, 4.69) is 26.9 Å². The van der Waals surface area contributed by atoms with E-state index < -0.39 is 0 Å². The summed E-state index contributed by atoms with van der Waals surface area (Å²) in [6.45, 7) is 6.93. The maximum absolute atomic E-state index is 12.4. The minimum Gasteiger partial charge on any atom is -0.378 e. The molecule has 0 aromatic carbocycles. The number of morpholine rings is 1. The number of alkyl halides is 1. The number of aryl methyl sites for hydroxylation is 1. The molecule has 1 aliphatic heterocycles. The summed E-state index contributed by atoms with van der Waals surface area (Å²) in [6.07, 6.45) is 1.84. The molecule has 3 heterocycles. The van der Waals surface area contributed by atoms with Crippen molar-refractivity contribution in [1.29, 1.82) is 0 Å². The maximum Gasteiger partial charge on any atom is 0.259 e. The summed E-state index contributed by atoms with van der Waals surface area (Å²) >= 11 is 3.59. The summed E-state index contributed by atoms with van der Waals surface area (Å²) in [7, 11) is 0. The van der Waals surface area contributed by atoms with Crippen LogP contribution in [-0.4, -0.2) is 35.7 Å². The van der Waals surface area contributed by atoms with Crippen LogP contribution in [0.4, 0.5) is 5.82 Å². The number of fused-ring (bicyclic) bond motifs is 1. The molecule has 3 rings (SSSR count). The van der Waals surface area contributed by atoms with Crippen LogP contribution in [0.1, 0.15) is 22.9 Å². The van der Waals surface area contributed by atoms with Crippen molar-refractivity contribution >= 4 is 27.4 Å². The predicted octanol–water partition coefficient (Wildman–Crippen LogP) is 2.30. The number of aromatic nitrogens is 2. The lowest BCUT2D eigenvalue weighted by atomic mass is 10.1. The highest BCUT2D eigenvalue weighted by Crippen LogP contribution is 2.26. The molecular formula is C15H18BrN3O2. The number of rotatable bonds is 2. The van der Waals surface area contributed by atoms with Gasteiger partial charge >= 0.3 is 0 Å². The summed E-state index contributed by atoms with van der Waals surface area (Å²) in [6, 6.07) is 3.69. The fraction of sp³-hybridized carbons (Fsp3) is 0.467. The molecule has 21 heavy (non-hydrogen) atoms. The molecule has 1 atom stereocenters. The number of anilines is 1. The molecule has 0 bridgehead atoms. The predicted molar refractivity (Wildman–Crippen MR) is 86.6 cm³/mol. The molecule has 1 fully saturated rings. The van der Waals surface area contributed by atoms with Gasteiger partial charge in [-0.25, -0.2) is 4.98 Å². The van der Waals surface area contributed by atoms with Crippen LogP contribution in [0.2, 0.25) is 0 Å². The normalized spacial score (nSPS) is 17.2. The first-order valence-electron chi connectivity index (χ1n) is 7.07. The van der Waals surface area contributed by atoms with E-state index >= 15 is 0 Å². The number of ether oxygens (including phenoxy) is 1. The highest BCUT2D eigenvalue weighted by Gasteiger charge is 2.16. The first-order chi connectivity index (χ1) is 10.1. The Morgan fingerprint density at radius 1 is 1.33 bits per heavy atom. The van der Waals surface area contributed by atoms with Gasteiger partial charge in [-0.15, -0.1) is 0 Å². The average molecular weight is 352 g/mol. The summed E-state index contributed by atoms with van der Waals surface area (Å²) in [5.41, 5.74) is 2.76. The smallest absolute Gasteiger partial charge is 0.259 e.